The molecule has 1 rings (SSSR count). The number of aromatic nitrogens is 2. The van der Waals surface area contributed by atoms with Crippen LogP contribution in [-0.4, -0.2) is 32.8 Å². The molecule has 13 heavy (non-hydrogen) atoms. The van der Waals surface area contributed by atoms with Crippen molar-refractivity contribution >= 4 is 0 Å². The summed E-state index contributed by atoms with van der Waals surface area (Å²) in [6.45, 7) is -0.170. The predicted molar refractivity (Wildman–Crippen MR) is 43.6 cm³/mol. The van der Waals surface area contributed by atoms with Crippen LogP contribution in [0.1, 0.15) is 11.8 Å². The molecule has 1 aromatic heterocycles. The largest absolute Gasteiger partial charge is 0.390 e. The van der Waals surface area contributed by atoms with Gasteiger partial charge in [-0.2, -0.15) is 0 Å². The summed E-state index contributed by atoms with van der Waals surface area (Å²) in [5.74, 6) is 0. The molecule has 2 unspecified atom stereocenters. The number of rotatable bonds is 4. The highest BCUT2D eigenvalue weighted by molar-refractivity contribution is 5.01. The number of hydrogen-bond acceptors (Lipinski definition) is 4. The lowest BCUT2D eigenvalue weighted by atomic mass is 10.1. The summed E-state index contributed by atoms with van der Waals surface area (Å²) < 4.78 is 0. The Bertz CT molecular complexity index is 292. The van der Waals surface area contributed by atoms with Crippen molar-refractivity contribution in [3.05, 3.63) is 28.7 Å². The van der Waals surface area contributed by atoms with Gasteiger partial charge >= 0.3 is 0 Å². The fraction of sp³-hybridized carbons (Fsp3) is 0.500. The van der Waals surface area contributed by atoms with Crippen LogP contribution in [0.15, 0.2) is 17.6 Å². The third-order valence-corrected chi connectivity index (χ3v) is 1.53. The molecule has 1 aromatic rings. The molecule has 0 aliphatic heterocycles. The van der Waals surface area contributed by atoms with Crippen LogP contribution in [0, 0.1) is 0 Å². The maximum Gasteiger partial charge on any atom is 0.121 e. The van der Waals surface area contributed by atoms with Crippen LogP contribution in [0.5, 0.6) is 0 Å². The summed E-state index contributed by atoms with van der Waals surface area (Å²) in [7, 11) is 0. The van der Waals surface area contributed by atoms with Crippen molar-refractivity contribution in [2.75, 3.05) is 6.54 Å². The average Bonchev–Trinajstić information content (AvgIpc) is 2.65. The van der Waals surface area contributed by atoms with Gasteiger partial charge in [0.2, 0.25) is 0 Å². The molecule has 0 saturated heterocycles. The van der Waals surface area contributed by atoms with Crippen LogP contribution < -0.4 is 0 Å². The number of nitrogens with one attached hydrogen (secondary N) is 1. The van der Waals surface area contributed by atoms with E-state index in [1.54, 1.807) is 0 Å². The van der Waals surface area contributed by atoms with Crippen LogP contribution in [-0.2, 0) is 0 Å². The minimum Gasteiger partial charge on any atom is -0.390 e. The van der Waals surface area contributed by atoms with E-state index < -0.39 is 12.2 Å². The normalized spacial score (nSPS) is 14.6. The van der Waals surface area contributed by atoms with Gasteiger partial charge in [-0.3, -0.25) is 0 Å². The van der Waals surface area contributed by atoms with Crippen LogP contribution in [0.25, 0.3) is 10.4 Å². The molecule has 2 atom stereocenters. The van der Waals surface area contributed by atoms with Crippen molar-refractivity contribution in [1.82, 2.24) is 9.97 Å². The number of nitrogens with zero attached hydrogens (tertiary/aromatic N) is 4. The molecule has 0 aromatic carbocycles. The van der Waals surface area contributed by atoms with Gasteiger partial charge in [0.05, 0.1) is 30.9 Å². The van der Waals surface area contributed by atoms with Gasteiger partial charge in [-0.15, -0.1) is 0 Å². The zero-order valence-electron chi connectivity index (χ0n) is 6.70. The number of aromatic amines is 1. The Morgan fingerprint density at radius 2 is 2.46 bits per heavy atom. The summed E-state index contributed by atoms with van der Waals surface area (Å²) in [6.07, 6.45) is 0.562. The lowest BCUT2D eigenvalue weighted by molar-refractivity contribution is 0.0220. The Balaban J connectivity index is 2.57. The lowest BCUT2D eigenvalue weighted by Crippen LogP contribution is -2.21. The Kier molecular flexibility index (Phi) is 3.27. The van der Waals surface area contributed by atoms with E-state index in [4.69, 9.17) is 5.53 Å². The second-order valence-electron chi connectivity index (χ2n) is 2.43. The third-order valence-electron chi connectivity index (χ3n) is 1.53. The molecular weight excluding hydrogens is 174 g/mol. The van der Waals surface area contributed by atoms with E-state index in [0.29, 0.717) is 5.69 Å². The van der Waals surface area contributed by atoms with E-state index in [2.05, 4.69) is 20.0 Å². The van der Waals surface area contributed by atoms with Crippen molar-refractivity contribution in [2.45, 2.75) is 12.2 Å². The van der Waals surface area contributed by atoms with Gasteiger partial charge in [0.15, 0.2) is 0 Å². The standard InChI is InChI=1S/C6H9N5O2/c7-11-10-2-5(12)6(13)4-1-8-3-9-4/h1,3,5-6,12-13H,2H2,(H,8,9). The fourth-order valence-electron chi connectivity index (χ4n) is 0.856. The minimum absolute atomic E-state index is 0.170. The highest BCUT2D eigenvalue weighted by Gasteiger charge is 2.18. The summed E-state index contributed by atoms with van der Waals surface area (Å²) in [4.78, 5) is 8.78. The molecule has 0 spiro atoms. The first-order valence-electron chi connectivity index (χ1n) is 3.61. The molecule has 0 fully saturated rings. The molecule has 0 amide bonds. The molecule has 7 heteroatoms. The van der Waals surface area contributed by atoms with E-state index in [9.17, 15) is 10.2 Å². The molecule has 70 valence electrons. The number of aliphatic hydroxyl groups is 2. The first kappa shape index (κ1) is 9.53. The van der Waals surface area contributed by atoms with Gasteiger partial charge in [0.1, 0.15) is 6.10 Å². The summed E-state index contributed by atoms with van der Waals surface area (Å²) in [5, 5.41) is 21.8. The molecular formula is C6H9N5O2. The number of hydrogen-bond donors (Lipinski definition) is 3. The van der Waals surface area contributed by atoms with Crippen molar-refractivity contribution in [3.63, 3.8) is 0 Å². The van der Waals surface area contributed by atoms with E-state index in [0.717, 1.165) is 0 Å². The second-order valence-corrected chi connectivity index (χ2v) is 2.43. The van der Waals surface area contributed by atoms with Crippen LogP contribution >= 0.6 is 0 Å². The molecule has 3 N–H and O–H groups in total. The minimum atomic E-state index is -1.11. The summed E-state index contributed by atoms with van der Waals surface area (Å²) in [5.41, 5.74) is 8.36. The topological polar surface area (TPSA) is 118 Å². The highest BCUT2D eigenvalue weighted by Crippen LogP contribution is 2.13. The van der Waals surface area contributed by atoms with E-state index in [1.165, 1.54) is 12.5 Å². The number of azide groups is 1. The molecule has 1 heterocycles. The quantitative estimate of drug-likeness (QED) is 0.349. The Morgan fingerprint density at radius 1 is 1.69 bits per heavy atom. The average molecular weight is 183 g/mol. The van der Waals surface area contributed by atoms with Gasteiger partial charge in [0.25, 0.3) is 0 Å². The smallest absolute Gasteiger partial charge is 0.121 e. The summed E-state index contributed by atoms with van der Waals surface area (Å²) in [6, 6.07) is 0. The zero-order chi connectivity index (χ0) is 9.68. The van der Waals surface area contributed by atoms with E-state index >= 15 is 0 Å². The number of H-pyrrole nitrogens is 1. The van der Waals surface area contributed by atoms with Gasteiger partial charge in [-0.1, -0.05) is 5.11 Å². The Labute approximate surface area is 73.7 Å². The maximum atomic E-state index is 9.40. The van der Waals surface area contributed by atoms with Crippen molar-refractivity contribution < 1.29 is 10.2 Å². The Hall–Kier alpha value is -1.56. The Morgan fingerprint density at radius 3 is 3.00 bits per heavy atom. The molecule has 0 aliphatic rings. The lowest BCUT2D eigenvalue weighted by Gasteiger charge is -2.13. The van der Waals surface area contributed by atoms with Crippen LogP contribution in [0.2, 0.25) is 0 Å². The van der Waals surface area contributed by atoms with Crippen molar-refractivity contribution in [2.24, 2.45) is 5.11 Å². The van der Waals surface area contributed by atoms with Crippen molar-refractivity contribution in [1.29, 1.82) is 0 Å². The SMILES string of the molecule is [N-]=[N+]=NCC(O)C(O)c1cnc[nH]1. The summed E-state index contributed by atoms with van der Waals surface area (Å²) >= 11 is 0. The van der Waals surface area contributed by atoms with Gasteiger partial charge < -0.3 is 15.2 Å². The third kappa shape index (κ3) is 2.45. The highest BCUT2D eigenvalue weighted by atomic mass is 16.3. The van der Waals surface area contributed by atoms with Crippen LogP contribution in [0.4, 0.5) is 0 Å². The molecule has 0 bridgehead atoms. The number of aliphatic hydroxyl groups excluding tert-OH is 2. The second kappa shape index (κ2) is 4.46. The molecule has 0 aliphatic carbocycles. The molecule has 7 nitrogen and oxygen atoms in total. The monoisotopic (exact) mass is 183 g/mol. The first-order valence-corrected chi connectivity index (χ1v) is 3.61. The molecule has 0 radical (unpaired) electrons. The molecule has 0 saturated carbocycles. The number of imidazole rings is 1. The van der Waals surface area contributed by atoms with E-state index in [-0.39, 0.29) is 6.54 Å². The van der Waals surface area contributed by atoms with Gasteiger partial charge in [0, 0.05) is 4.91 Å². The van der Waals surface area contributed by atoms with E-state index in [1.807, 2.05) is 0 Å². The zero-order valence-corrected chi connectivity index (χ0v) is 6.70. The van der Waals surface area contributed by atoms with Gasteiger partial charge in [-0.25, -0.2) is 4.98 Å². The van der Waals surface area contributed by atoms with Gasteiger partial charge in [-0.05, 0) is 5.53 Å². The maximum absolute atomic E-state index is 9.40. The first-order chi connectivity index (χ1) is 6.25. The van der Waals surface area contributed by atoms with Crippen LogP contribution in [0.3, 0.4) is 0 Å². The fourth-order valence-corrected chi connectivity index (χ4v) is 0.856. The van der Waals surface area contributed by atoms with Crippen molar-refractivity contribution in [3.8, 4) is 0 Å². The predicted octanol–water partition coefficient (Wildman–Crippen LogP) is 0.114.